The molecular weight excluding hydrogens is 302 g/mol. The lowest BCUT2D eigenvalue weighted by atomic mass is 10.3. The van der Waals surface area contributed by atoms with Crippen LogP contribution in [0.2, 0.25) is 0 Å². The van der Waals surface area contributed by atoms with Crippen molar-refractivity contribution < 1.29 is 9.53 Å². The van der Waals surface area contributed by atoms with E-state index in [-0.39, 0.29) is 23.3 Å². The molecule has 8 heteroatoms. The molecule has 0 radical (unpaired) electrons. The molecule has 2 aromatic rings. The largest absolute Gasteiger partial charge is 0.492 e. The number of nitrogens with two attached hydrogens (primary N) is 2. The number of nitrogens with zero attached hydrogens (tertiary/aromatic N) is 2. The van der Waals surface area contributed by atoms with Crippen molar-refractivity contribution in [3.05, 3.63) is 30.3 Å². The van der Waals surface area contributed by atoms with Crippen molar-refractivity contribution in [1.82, 2.24) is 9.97 Å². The first-order valence-electron chi connectivity index (χ1n) is 6.63. The molecule has 0 saturated carbocycles. The zero-order chi connectivity index (χ0) is 15.9. The van der Waals surface area contributed by atoms with Crippen LogP contribution in [0.1, 0.15) is 6.92 Å². The third kappa shape index (κ3) is 4.52. The number of nitrogens with one attached hydrogen (secondary N) is 1. The number of anilines is 3. The molecule has 0 spiro atoms. The second-order valence-electron chi connectivity index (χ2n) is 4.27. The van der Waals surface area contributed by atoms with Crippen molar-refractivity contribution in [3.63, 3.8) is 0 Å². The number of amides is 1. The van der Waals surface area contributed by atoms with Crippen LogP contribution in [0.5, 0.6) is 5.75 Å². The number of rotatable bonds is 6. The quantitative estimate of drug-likeness (QED) is 0.549. The van der Waals surface area contributed by atoms with Gasteiger partial charge < -0.3 is 21.5 Å². The number of para-hydroxylation sites is 2. The molecule has 0 saturated heterocycles. The van der Waals surface area contributed by atoms with Gasteiger partial charge in [0.25, 0.3) is 0 Å². The van der Waals surface area contributed by atoms with Crippen LogP contribution in [0.15, 0.2) is 35.5 Å². The highest BCUT2D eigenvalue weighted by Crippen LogP contribution is 2.24. The molecule has 1 aromatic carbocycles. The molecule has 0 unspecified atom stereocenters. The molecule has 7 nitrogen and oxygen atoms in total. The van der Waals surface area contributed by atoms with E-state index in [9.17, 15) is 4.79 Å². The standard InChI is InChI=1S/C14H17N5O2S/c1-2-21-10-6-4-3-5-9(10)17-13(20)8-22-14-18-11(15)7-12(16)19-14/h3-7H,2,8H2,1H3,(H,17,20)(H4,15,16,18,19). The molecule has 0 aliphatic heterocycles. The van der Waals surface area contributed by atoms with Gasteiger partial charge in [-0.25, -0.2) is 9.97 Å². The fraction of sp³-hybridized carbons (Fsp3) is 0.214. The topological polar surface area (TPSA) is 116 Å². The average Bonchev–Trinajstić information content (AvgIpc) is 2.46. The fourth-order valence-electron chi connectivity index (χ4n) is 1.69. The van der Waals surface area contributed by atoms with Crippen LogP contribution in [-0.4, -0.2) is 28.2 Å². The van der Waals surface area contributed by atoms with Gasteiger partial charge in [-0.2, -0.15) is 0 Å². The maximum absolute atomic E-state index is 12.0. The third-order valence-corrected chi connectivity index (χ3v) is 3.39. The van der Waals surface area contributed by atoms with Crippen LogP contribution in [-0.2, 0) is 4.79 Å². The second kappa shape index (κ2) is 7.51. The highest BCUT2D eigenvalue weighted by atomic mass is 32.2. The highest BCUT2D eigenvalue weighted by Gasteiger charge is 2.09. The summed E-state index contributed by atoms with van der Waals surface area (Å²) < 4.78 is 5.45. The number of carbonyl (C=O) groups is 1. The second-order valence-corrected chi connectivity index (χ2v) is 5.21. The van der Waals surface area contributed by atoms with Gasteiger partial charge in [0.15, 0.2) is 5.16 Å². The number of ether oxygens (including phenoxy) is 1. The first kappa shape index (κ1) is 15.9. The number of aromatic nitrogens is 2. The Morgan fingerprint density at radius 3 is 2.64 bits per heavy atom. The summed E-state index contributed by atoms with van der Waals surface area (Å²) >= 11 is 1.16. The maximum Gasteiger partial charge on any atom is 0.234 e. The summed E-state index contributed by atoms with van der Waals surface area (Å²) in [7, 11) is 0. The van der Waals surface area contributed by atoms with E-state index in [1.54, 1.807) is 12.1 Å². The van der Waals surface area contributed by atoms with E-state index in [0.717, 1.165) is 11.8 Å². The molecule has 0 fully saturated rings. The van der Waals surface area contributed by atoms with E-state index in [0.29, 0.717) is 23.2 Å². The Labute approximate surface area is 132 Å². The molecule has 0 bridgehead atoms. The number of carbonyl (C=O) groups excluding carboxylic acids is 1. The van der Waals surface area contributed by atoms with Gasteiger partial charge in [-0.15, -0.1) is 0 Å². The van der Waals surface area contributed by atoms with E-state index < -0.39 is 0 Å². The van der Waals surface area contributed by atoms with Crippen LogP contribution in [0.3, 0.4) is 0 Å². The van der Waals surface area contributed by atoms with Crippen molar-refractivity contribution >= 4 is 35.0 Å². The Kier molecular flexibility index (Phi) is 5.42. The Morgan fingerprint density at radius 2 is 1.95 bits per heavy atom. The van der Waals surface area contributed by atoms with E-state index in [1.807, 2.05) is 19.1 Å². The van der Waals surface area contributed by atoms with Gasteiger partial charge in [0.2, 0.25) is 5.91 Å². The monoisotopic (exact) mass is 319 g/mol. The van der Waals surface area contributed by atoms with Gasteiger partial charge in [0, 0.05) is 6.07 Å². The van der Waals surface area contributed by atoms with Gasteiger partial charge in [-0.05, 0) is 19.1 Å². The fourth-order valence-corrected chi connectivity index (χ4v) is 2.37. The van der Waals surface area contributed by atoms with Crippen LogP contribution in [0, 0.1) is 0 Å². The number of thioether (sulfide) groups is 1. The molecule has 0 aliphatic carbocycles. The van der Waals surface area contributed by atoms with Crippen LogP contribution >= 0.6 is 11.8 Å². The lowest BCUT2D eigenvalue weighted by Gasteiger charge is -2.10. The van der Waals surface area contributed by atoms with Gasteiger partial charge in [-0.1, -0.05) is 23.9 Å². The average molecular weight is 319 g/mol. The lowest BCUT2D eigenvalue weighted by molar-refractivity contribution is -0.113. The summed E-state index contributed by atoms with van der Waals surface area (Å²) in [5, 5.41) is 3.16. The minimum atomic E-state index is -0.193. The Balaban J connectivity index is 1.96. The van der Waals surface area contributed by atoms with Crippen molar-refractivity contribution in [1.29, 1.82) is 0 Å². The van der Waals surface area contributed by atoms with E-state index in [1.165, 1.54) is 6.07 Å². The van der Waals surface area contributed by atoms with Gasteiger partial charge in [0.1, 0.15) is 17.4 Å². The molecule has 5 N–H and O–H groups in total. The Bertz CT molecular complexity index is 645. The number of hydrogen-bond acceptors (Lipinski definition) is 7. The summed E-state index contributed by atoms with van der Waals surface area (Å²) in [5.74, 6) is 1.13. The normalized spacial score (nSPS) is 10.2. The Hall–Kier alpha value is -2.48. The van der Waals surface area contributed by atoms with Crippen LogP contribution < -0.4 is 21.5 Å². The van der Waals surface area contributed by atoms with Crippen LogP contribution in [0.4, 0.5) is 17.3 Å². The van der Waals surface area contributed by atoms with E-state index in [4.69, 9.17) is 16.2 Å². The minimum Gasteiger partial charge on any atom is -0.492 e. The molecule has 116 valence electrons. The molecule has 1 aromatic heterocycles. The molecule has 0 aliphatic rings. The zero-order valence-electron chi connectivity index (χ0n) is 12.1. The summed E-state index contributed by atoms with van der Waals surface area (Å²) in [6.07, 6.45) is 0. The zero-order valence-corrected chi connectivity index (χ0v) is 12.9. The molecule has 22 heavy (non-hydrogen) atoms. The van der Waals surface area contributed by atoms with Crippen LogP contribution in [0.25, 0.3) is 0 Å². The number of hydrogen-bond donors (Lipinski definition) is 3. The summed E-state index contributed by atoms with van der Waals surface area (Å²) in [6.45, 7) is 2.41. The lowest BCUT2D eigenvalue weighted by Crippen LogP contribution is -2.15. The summed E-state index contributed by atoms with van der Waals surface area (Å²) in [5.41, 5.74) is 11.8. The number of benzene rings is 1. The van der Waals surface area contributed by atoms with Crippen molar-refractivity contribution in [3.8, 4) is 5.75 Å². The summed E-state index contributed by atoms with van der Waals surface area (Å²) in [6, 6.07) is 8.71. The van der Waals surface area contributed by atoms with E-state index in [2.05, 4.69) is 15.3 Å². The van der Waals surface area contributed by atoms with Gasteiger partial charge in [-0.3, -0.25) is 4.79 Å². The smallest absolute Gasteiger partial charge is 0.234 e. The van der Waals surface area contributed by atoms with Gasteiger partial charge in [0.05, 0.1) is 18.0 Å². The molecule has 1 heterocycles. The number of nitrogen functional groups attached to an aromatic ring is 2. The summed E-state index contributed by atoms with van der Waals surface area (Å²) in [4.78, 5) is 20.0. The van der Waals surface area contributed by atoms with Crippen molar-refractivity contribution in [2.24, 2.45) is 0 Å². The van der Waals surface area contributed by atoms with Crippen molar-refractivity contribution in [2.45, 2.75) is 12.1 Å². The third-order valence-electron chi connectivity index (χ3n) is 2.54. The first-order chi connectivity index (χ1) is 10.6. The molecule has 1 amide bonds. The van der Waals surface area contributed by atoms with Crippen molar-refractivity contribution in [2.75, 3.05) is 29.1 Å². The van der Waals surface area contributed by atoms with Gasteiger partial charge >= 0.3 is 0 Å². The SMILES string of the molecule is CCOc1ccccc1NC(=O)CSc1nc(N)cc(N)n1. The molecule has 2 rings (SSSR count). The van der Waals surface area contributed by atoms with E-state index >= 15 is 0 Å². The maximum atomic E-state index is 12.0. The predicted octanol–water partition coefficient (Wildman–Crippen LogP) is 1.77. The Morgan fingerprint density at radius 1 is 1.27 bits per heavy atom. The molecule has 0 atom stereocenters. The predicted molar refractivity (Wildman–Crippen MR) is 87.8 cm³/mol. The molecular formula is C14H17N5O2S. The highest BCUT2D eigenvalue weighted by molar-refractivity contribution is 7.99. The first-order valence-corrected chi connectivity index (χ1v) is 7.61. The minimum absolute atomic E-state index is 0.142.